The van der Waals surface area contributed by atoms with Gasteiger partial charge in [0.15, 0.2) is 0 Å². The average molecular weight is 479 g/mol. The van der Waals surface area contributed by atoms with Crippen molar-refractivity contribution >= 4 is 18.0 Å². The summed E-state index contributed by atoms with van der Waals surface area (Å²) < 4.78 is 5.64. The van der Waals surface area contributed by atoms with E-state index in [9.17, 15) is 19.5 Å². The SMILES string of the molecule is CC(C)C[C@H](NC(=O)C[C@H]1CC[C@@H](NC(=O)OCC2c3ccccc3-c3ccccc32)C1)C(=O)O. The first-order valence-corrected chi connectivity index (χ1v) is 12.5. The fourth-order valence-electron chi connectivity index (χ4n) is 5.41. The molecule has 2 amide bonds. The molecule has 4 rings (SSSR count). The van der Waals surface area contributed by atoms with E-state index in [1.807, 2.05) is 38.1 Å². The predicted octanol–water partition coefficient (Wildman–Crippen LogP) is 4.70. The molecule has 2 aromatic rings. The zero-order valence-corrected chi connectivity index (χ0v) is 20.3. The zero-order valence-electron chi connectivity index (χ0n) is 20.3. The maximum absolute atomic E-state index is 12.6. The highest BCUT2D eigenvalue weighted by molar-refractivity contribution is 5.83. The molecule has 1 saturated carbocycles. The quantitative estimate of drug-likeness (QED) is 0.485. The summed E-state index contributed by atoms with van der Waals surface area (Å²) in [7, 11) is 0. The van der Waals surface area contributed by atoms with Crippen LogP contribution in [0, 0.1) is 11.8 Å². The van der Waals surface area contributed by atoms with E-state index in [1.165, 1.54) is 22.3 Å². The fraction of sp³-hybridized carbons (Fsp3) is 0.464. The third kappa shape index (κ3) is 6.02. The summed E-state index contributed by atoms with van der Waals surface area (Å²) in [4.78, 5) is 36.3. The van der Waals surface area contributed by atoms with E-state index >= 15 is 0 Å². The summed E-state index contributed by atoms with van der Waals surface area (Å²) in [6, 6.07) is 15.5. The average Bonchev–Trinajstić information content (AvgIpc) is 3.38. The number of ether oxygens (including phenoxy) is 1. The molecular weight excluding hydrogens is 444 g/mol. The van der Waals surface area contributed by atoms with Crippen molar-refractivity contribution in [3.8, 4) is 11.1 Å². The lowest BCUT2D eigenvalue weighted by Gasteiger charge is -2.18. The van der Waals surface area contributed by atoms with E-state index in [2.05, 4.69) is 34.9 Å². The maximum Gasteiger partial charge on any atom is 0.407 e. The first-order valence-electron chi connectivity index (χ1n) is 12.5. The monoisotopic (exact) mass is 478 g/mol. The second-order valence-electron chi connectivity index (χ2n) is 10.1. The highest BCUT2D eigenvalue weighted by atomic mass is 16.5. The summed E-state index contributed by atoms with van der Waals surface area (Å²) >= 11 is 0. The van der Waals surface area contributed by atoms with Crippen LogP contribution in [0.3, 0.4) is 0 Å². The molecule has 0 unspecified atom stereocenters. The van der Waals surface area contributed by atoms with Crippen LogP contribution >= 0.6 is 0 Å². The van der Waals surface area contributed by atoms with Crippen LogP contribution in [0.15, 0.2) is 48.5 Å². The van der Waals surface area contributed by atoms with Gasteiger partial charge in [0.2, 0.25) is 5.91 Å². The third-order valence-electron chi connectivity index (χ3n) is 7.02. The molecule has 3 atom stereocenters. The number of carboxylic acids is 1. The van der Waals surface area contributed by atoms with Gasteiger partial charge in [0.1, 0.15) is 12.6 Å². The minimum absolute atomic E-state index is 0.0150. The molecule has 0 aliphatic heterocycles. The summed E-state index contributed by atoms with van der Waals surface area (Å²) in [5, 5.41) is 14.9. The summed E-state index contributed by atoms with van der Waals surface area (Å²) in [6.07, 6.45) is 2.49. The number of amides is 2. The van der Waals surface area contributed by atoms with Crippen LogP contribution in [0.25, 0.3) is 11.1 Å². The molecular formula is C28H34N2O5. The van der Waals surface area contributed by atoms with E-state index in [0.717, 1.165) is 12.8 Å². The molecule has 0 heterocycles. The van der Waals surface area contributed by atoms with Crippen molar-refractivity contribution in [2.75, 3.05) is 6.61 Å². The largest absolute Gasteiger partial charge is 0.480 e. The summed E-state index contributed by atoms with van der Waals surface area (Å²) in [5.41, 5.74) is 4.72. The Balaban J connectivity index is 1.24. The van der Waals surface area contributed by atoms with Crippen LogP contribution in [0.1, 0.15) is 63.0 Å². The van der Waals surface area contributed by atoms with Gasteiger partial charge >= 0.3 is 12.1 Å². The fourth-order valence-corrected chi connectivity index (χ4v) is 5.41. The van der Waals surface area contributed by atoms with Crippen LogP contribution in [-0.4, -0.2) is 41.8 Å². The molecule has 35 heavy (non-hydrogen) atoms. The molecule has 186 valence electrons. The molecule has 1 fully saturated rings. The second-order valence-corrected chi connectivity index (χ2v) is 10.1. The number of benzene rings is 2. The molecule has 3 N–H and O–H groups in total. The number of hydrogen-bond acceptors (Lipinski definition) is 4. The first-order chi connectivity index (χ1) is 16.8. The van der Waals surface area contributed by atoms with Gasteiger partial charge in [-0.2, -0.15) is 0 Å². The van der Waals surface area contributed by atoms with Crippen molar-refractivity contribution in [3.63, 3.8) is 0 Å². The van der Waals surface area contributed by atoms with Gasteiger partial charge in [-0.05, 0) is 59.8 Å². The molecule has 2 aliphatic rings. The summed E-state index contributed by atoms with van der Waals surface area (Å²) in [6.45, 7) is 4.13. The van der Waals surface area contributed by atoms with E-state index in [0.29, 0.717) is 12.8 Å². The number of hydrogen-bond donors (Lipinski definition) is 3. The van der Waals surface area contributed by atoms with Gasteiger partial charge in [0, 0.05) is 18.4 Å². The van der Waals surface area contributed by atoms with Gasteiger partial charge in [-0.25, -0.2) is 9.59 Å². The zero-order chi connectivity index (χ0) is 24.9. The maximum atomic E-state index is 12.6. The molecule has 0 spiro atoms. The van der Waals surface area contributed by atoms with Crippen LogP contribution in [-0.2, 0) is 14.3 Å². The van der Waals surface area contributed by atoms with E-state index in [-0.39, 0.29) is 42.7 Å². The minimum Gasteiger partial charge on any atom is -0.480 e. The lowest BCUT2D eigenvalue weighted by molar-refractivity contribution is -0.142. The molecule has 2 aromatic carbocycles. The van der Waals surface area contributed by atoms with Gasteiger partial charge in [-0.1, -0.05) is 62.4 Å². The topological polar surface area (TPSA) is 105 Å². The van der Waals surface area contributed by atoms with Crippen LogP contribution in [0.5, 0.6) is 0 Å². The number of rotatable bonds is 9. The van der Waals surface area contributed by atoms with Crippen LogP contribution in [0.4, 0.5) is 4.79 Å². The third-order valence-corrected chi connectivity index (χ3v) is 7.02. The number of aliphatic carboxylic acids is 1. The predicted molar refractivity (Wildman–Crippen MR) is 133 cm³/mol. The highest BCUT2D eigenvalue weighted by Crippen LogP contribution is 2.44. The van der Waals surface area contributed by atoms with Gasteiger partial charge in [-0.3, -0.25) is 4.79 Å². The Kier molecular flexibility index (Phi) is 7.73. The molecule has 7 nitrogen and oxygen atoms in total. The van der Waals surface area contributed by atoms with Crippen LogP contribution in [0.2, 0.25) is 0 Å². The van der Waals surface area contributed by atoms with Gasteiger partial charge in [0.05, 0.1) is 0 Å². The van der Waals surface area contributed by atoms with E-state index in [4.69, 9.17) is 4.74 Å². The Morgan fingerprint density at radius 2 is 1.63 bits per heavy atom. The molecule has 0 radical (unpaired) electrons. The lowest BCUT2D eigenvalue weighted by atomic mass is 9.98. The molecule has 2 aliphatic carbocycles. The van der Waals surface area contributed by atoms with Crippen molar-refractivity contribution in [3.05, 3.63) is 59.7 Å². The Morgan fingerprint density at radius 1 is 1.00 bits per heavy atom. The number of carbonyl (C=O) groups excluding carboxylic acids is 2. The summed E-state index contributed by atoms with van der Waals surface area (Å²) in [5.74, 6) is -0.949. The van der Waals surface area contributed by atoms with Gasteiger partial charge < -0.3 is 20.5 Å². The smallest absolute Gasteiger partial charge is 0.407 e. The lowest BCUT2D eigenvalue weighted by Crippen LogP contribution is -2.42. The van der Waals surface area contributed by atoms with Crippen molar-refractivity contribution in [2.24, 2.45) is 11.8 Å². The molecule has 0 saturated heterocycles. The van der Waals surface area contributed by atoms with Crippen molar-refractivity contribution in [1.82, 2.24) is 10.6 Å². The first kappa shape index (κ1) is 24.8. The Morgan fingerprint density at radius 3 is 2.23 bits per heavy atom. The standard InChI is InChI=1S/C28H34N2O5/c1-17(2)13-25(27(32)33)30-26(31)15-18-11-12-19(14-18)29-28(34)35-16-24-22-9-5-3-7-20(22)21-8-4-6-10-23(21)24/h3-10,17-19,24-25H,11-16H2,1-2H3,(H,29,34)(H,30,31)(H,32,33)/t18-,19+,25-/m0/s1. The van der Waals surface area contributed by atoms with Gasteiger partial charge in [0.25, 0.3) is 0 Å². The minimum atomic E-state index is -1.01. The van der Waals surface area contributed by atoms with Crippen molar-refractivity contribution in [2.45, 2.75) is 64.0 Å². The van der Waals surface area contributed by atoms with E-state index < -0.39 is 18.1 Å². The number of nitrogens with one attached hydrogen (secondary N) is 2. The van der Waals surface area contributed by atoms with Gasteiger partial charge in [-0.15, -0.1) is 0 Å². The highest BCUT2D eigenvalue weighted by Gasteiger charge is 2.31. The number of fused-ring (bicyclic) bond motifs is 3. The Bertz CT molecular complexity index is 1040. The molecule has 7 heteroatoms. The van der Waals surface area contributed by atoms with Crippen LogP contribution < -0.4 is 10.6 Å². The van der Waals surface area contributed by atoms with E-state index in [1.54, 1.807) is 0 Å². The number of alkyl carbamates (subject to hydrolysis) is 1. The Labute approximate surface area is 206 Å². The Hall–Kier alpha value is -3.35. The number of carbonyl (C=O) groups is 3. The van der Waals surface area contributed by atoms with Crippen molar-refractivity contribution < 1.29 is 24.2 Å². The normalized spacial score (nSPS) is 19.6. The number of carboxylic acid groups (broad SMARTS) is 1. The second kappa shape index (κ2) is 10.9. The van der Waals surface area contributed by atoms with Crippen molar-refractivity contribution in [1.29, 1.82) is 0 Å². The molecule has 0 bridgehead atoms. The molecule has 0 aromatic heterocycles.